The average molecular weight is 627 g/mol. The Labute approximate surface area is 283 Å². The lowest BCUT2D eigenvalue weighted by Crippen LogP contribution is -2.10. The smallest absolute Gasteiger partial charge is 0.137 e. The Balaban J connectivity index is 1.23. The van der Waals surface area contributed by atoms with Crippen molar-refractivity contribution in [3.63, 3.8) is 0 Å². The van der Waals surface area contributed by atoms with Gasteiger partial charge in [0.15, 0.2) is 0 Å². The fourth-order valence-corrected chi connectivity index (χ4v) is 7.49. The molecule has 0 amide bonds. The summed E-state index contributed by atoms with van der Waals surface area (Å²) in [4.78, 5) is 2.38. The maximum atomic E-state index is 6.59. The summed E-state index contributed by atoms with van der Waals surface area (Å²) in [6, 6.07) is 64.9. The summed E-state index contributed by atoms with van der Waals surface area (Å²) in [5.74, 6) is 0. The van der Waals surface area contributed by atoms with Crippen molar-refractivity contribution in [2.75, 3.05) is 4.90 Å². The number of para-hydroxylation sites is 2. The van der Waals surface area contributed by atoms with Gasteiger partial charge in [0.05, 0.1) is 16.7 Å². The van der Waals surface area contributed by atoms with E-state index in [1.54, 1.807) is 0 Å². The number of anilines is 3. The topological polar surface area (TPSA) is 21.3 Å². The lowest BCUT2D eigenvalue weighted by molar-refractivity contribution is 0.669. The van der Waals surface area contributed by atoms with E-state index in [2.05, 4.69) is 191 Å². The standard InChI is InChI=1S/C46H30N2O/c1-3-12-31(13-4-1)32-22-24-36(25-23-32)47(37-26-27-38-40-28-33-14-7-8-15-34(33)29-44(40)49-45(38)30-37)42-20-11-21-43-46(42)39-18-9-10-19-41(39)48(43)35-16-5-2-6-17-35/h1-30H. The predicted octanol–water partition coefficient (Wildman–Crippen LogP) is 13.0. The summed E-state index contributed by atoms with van der Waals surface area (Å²) in [5.41, 5.74) is 10.8. The summed E-state index contributed by atoms with van der Waals surface area (Å²) in [7, 11) is 0. The van der Waals surface area contributed by atoms with Gasteiger partial charge in [-0.05, 0) is 88.6 Å². The van der Waals surface area contributed by atoms with Crippen LogP contribution in [0.1, 0.15) is 0 Å². The highest BCUT2D eigenvalue weighted by molar-refractivity contribution is 6.17. The minimum Gasteiger partial charge on any atom is -0.456 e. The van der Waals surface area contributed by atoms with Crippen LogP contribution in [0.5, 0.6) is 0 Å². The quantitative estimate of drug-likeness (QED) is 0.190. The van der Waals surface area contributed by atoms with Crippen molar-refractivity contribution in [3.8, 4) is 16.8 Å². The van der Waals surface area contributed by atoms with Gasteiger partial charge in [0.2, 0.25) is 0 Å². The third kappa shape index (κ3) is 4.44. The van der Waals surface area contributed by atoms with Gasteiger partial charge in [-0.1, -0.05) is 109 Å². The lowest BCUT2D eigenvalue weighted by atomic mass is 10.0. The summed E-state index contributed by atoms with van der Waals surface area (Å²) >= 11 is 0. The van der Waals surface area contributed by atoms with Crippen LogP contribution < -0.4 is 4.90 Å². The molecule has 8 aromatic carbocycles. The second kappa shape index (κ2) is 11.0. The highest BCUT2D eigenvalue weighted by Crippen LogP contribution is 2.45. The van der Waals surface area contributed by atoms with E-state index < -0.39 is 0 Å². The Morgan fingerprint density at radius 2 is 1.04 bits per heavy atom. The van der Waals surface area contributed by atoms with Gasteiger partial charge in [0, 0.05) is 44.7 Å². The summed E-state index contributed by atoms with van der Waals surface area (Å²) < 4.78 is 8.96. The Morgan fingerprint density at radius 1 is 0.408 bits per heavy atom. The van der Waals surface area contributed by atoms with Crippen LogP contribution in [0.2, 0.25) is 0 Å². The molecule has 0 unspecified atom stereocenters. The number of fused-ring (bicyclic) bond motifs is 7. The first-order valence-electron chi connectivity index (χ1n) is 16.7. The van der Waals surface area contributed by atoms with Crippen LogP contribution in [-0.2, 0) is 0 Å². The first kappa shape index (κ1) is 27.5. The number of furan rings is 1. The number of hydrogen-bond donors (Lipinski definition) is 0. The number of rotatable bonds is 5. The Kier molecular flexibility index (Phi) is 6.18. The maximum absolute atomic E-state index is 6.59. The van der Waals surface area contributed by atoms with Crippen molar-refractivity contribution < 1.29 is 4.42 Å². The van der Waals surface area contributed by atoms with Crippen molar-refractivity contribution in [2.45, 2.75) is 0 Å². The summed E-state index contributed by atoms with van der Waals surface area (Å²) in [6.45, 7) is 0. The minimum atomic E-state index is 0.868. The molecule has 0 N–H and O–H groups in total. The molecule has 3 nitrogen and oxygen atoms in total. The first-order chi connectivity index (χ1) is 24.3. The highest BCUT2D eigenvalue weighted by Gasteiger charge is 2.22. The molecule has 0 atom stereocenters. The van der Waals surface area contributed by atoms with Gasteiger partial charge in [-0.3, -0.25) is 0 Å². The van der Waals surface area contributed by atoms with Gasteiger partial charge in [0.1, 0.15) is 11.2 Å². The third-order valence-corrected chi connectivity index (χ3v) is 9.74. The molecule has 3 heteroatoms. The molecule has 2 heterocycles. The number of aromatic nitrogens is 1. The van der Waals surface area contributed by atoms with Crippen LogP contribution >= 0.6 is 0 Å². The van der Waals surface area contributed by atoms with E-state index in [9.17, 15) is 0 Å². The van der Waals surface area contributed by atoms with Crippen molar-refractivity contribution in [1.29, 1.82) is 0 Å². The van der Waals surface area contributed by atoms with Gasteiger partial charge in [0.25, 0.3) is 0 Å². The van der Waals surface area contributed by atoms with E-state index in [1.165, 1.54) is 38.2 Å². The SMILES string of the molecule is c1ccc(-c2ccc(N(c3ccc4c(c3)oc3cc5ccccc5cc34)c3cccc4c3c3ccccc3n4-c3ccccc3)cc2)cc1. The van der Waals surface area contributed by atoms with E-state index in [4.69, 9.17) is 4.42 Å². The molecule has 230 valence electrons. The Bertz CT molecular complexity index is 2810. The Hall–Kier alpha value is -6.58. The monoisotopic (exact) mass is 626 g/mol. The van der Waals surface area contributed by atoms with Crippen LogP contribution in [-0.4, -0.2) is 4.57 Å². The molecule has 10 aromatic rings. The van der Waals surface area contributed by atoms with Crippen LogP contribution in [0.3, 0.4) is 0 Å². The van der Waals surface area contributed by atoms with Crippen molar-refractivity contribution >= 4 is 71.6 Å². The molecule has 0 aliphatic heterocycles. The molecule has 0 bridgehead atoms. The number of hydrogen-bond acceptors (Lipinski definition) is 2. The van der Waals surface area contributed by atoms with Crippen molar-refractivity contribution in [2.24, 2.45) is 0 Å². The maximum Gasteiger partial charge on any atom is 0.137 e. The fourth-order valence-electron chi connectivity index (χ4n) is 7.49. The second-order valence-electron chi connectivity index (χ2n) is 12.6. The van der Waals surface area contributed by atoms with Crippen LogP contribution in [0, 0.1) is 0 Å². The molecule has 0 saturated carbocycles. The number of benzene rings is 8. The number of nitrogens with zero attached hydrogens (tertiary/aromatic N) is 2. The molecule has 10 rings (SSSR count). The van der Waals surface area contributed by atoms with Crippen LogP contribution in [0.4, 0.5) is 17.1 Å². The molecular weight excluding hydrogens is 597 g/mol. The molecule has 2 aromatic heterocycles. The van der Waals surface area contributed by atoms with Crippen molar-refractivity contribution in [1.82, 2.24) is 4.57 Å². The molecule has 0 aliphatic carbocycles. The lowest BCUT2D eigenvalue weighted by Gasteiger charge is -2.26. The van der Waals surface area contributed by atoms with Crippen LogP contribution in [0.15, 0.2) is 186 Å². The van der Waals surface area contributed by atoms with E-state index in [0.29, 0.717) is 0 Å². The van der Waals surface area contributed by atoms with E-state index in [1.807, 2.05) is 0 Å². The normalized spacial score (nSPS) is 11.7. The van der Waals surface area contributed by atoms with E-state index in [0.717, 1.165) is 50.2 Å². The second-order valence-corrected chi connectivity index (χ2v) is 12.6. The molecule has 49 heavy (non-hydrogen) atoms. The van der Waals surface area contributed by atoms with Gasteiger partial charge >= 0.3 is 0 Å². The molecule has 0 aliphatic rings. The van der Waals surface area contributed by atoms with Gasteiger partial charge < -0.3 is 13.9 Å². The zero-order valence-corrected chi connectivity index (χ0v) is 26.6. The molecule has 0 spiro atoms. The highest BCUT2D eigenvalue weighted by atomic mass is 16.3. The first-order valence-corrected chi connectivity index (χ1v) is 16.7. The fraction of sp³-hybridized carbons (Fsp3) is 0. The summed E-state index contributed by atoms with van der Waals surface area (Å²) in [6.07, 6.45) is 0. The van der Waals surface area contributed by atoms with E-state index >= 15 is 0 Å². The molecule has 0 radical (unpaired) electrons. The van der Waals surface area contributed by atoms with Crippen molar-refractivity contribution in [3.05, 3.63) is 182 Å². The zero-order chi connectivity index (χ0) is 32.3. The molecule has 0 saturated heterocycles. The van der Waals surface area contributed by atoms with E-state index in [-0.39, 0.29) is 0 Å². The Morgan fingerprint density at radius 3 is 1.86 bits per heavy atom. The molecule has 0 fully saturated rings. The van der Waals surface area contributed by atoms with Crippen LogP contribution in [0.25, 0.3) is 71.3 Å². The van der Waals surface area contributed by atoms with Gasteiger partial charge in [-0.2, -0.15) is 0 Å². The summed E-state index contributed by atoms with van der Waals surface area (Å²) in [5, 5.41) is 7.04. The third-order valence-electron chi connectivity index (χ3n) is 9.74. The molecular formula is C46H30N2O. The predicted molar refractivity (Wildman–Crippen MR) is 206 cm³/mol. The zero-order valence-electron chi connectivity index (χ0n) is 26.6. The largest absolute Gasteiger partial charge is 0.456 e. The van der Waals surface area contributed by atoms with Gasteiger partial charge in [-0.25, -0.2) is 0 Å². The van der Waals surface area contributed by atoms with Gasteiger partial charge in [-0.15, -0.1) is 0 Å². The average Bonchev–Trinajstić information content (AvgIpc) is 3.70. The minimum absolute atomic E-state index is 0.868.